The average molecular weight is 267 g/mol. The van der Waals surface area contributed by atoms with E-state index < -0.39 is 4.92 Å². The minimum absolute atomic E-state index is 0.0956. The van der Waals surface area contributed by atoms with Gasteiger partial charge in [-0.25, -0.2) is 0 Å². The lowest BCUT2D eigenvalue weighted by atomic mass is 10.2. The molecule has 0 radical (unpaired) electrons. The molecule has 0 saturated carbocycles. The summed E-state index contributed by atoms with van der Waals surface area (Å²) in [6.45, 7) is 5.79. The van der Waals surface area contributed by atoms with Crippen LogP contribution in [0.25, 0.3) is 0 Å². The van der Waals surface area contributed by atoms with E-state index in [1.54, 1.807) is 6.07 Å². The third kappa shape index (κ3) is 3.52. The molecule has 5 nitrogen and oxygen atoms in total. The zero-order chi connectivity index (χ0) is 13.5. The zero-order valence-corrected chi connectivity index (χ0v) is 11.4. The van der Waals surface area contributed by atoms with E-state index in [9.17, 15) is 15.4 Å². The van der Waals surface area contributed by atoms with Crippen molar-refractivity contribution in [1.82, 2.24) is 4.90 Å². The molecule has 0 fully saturated rings. The molecule has 1 heterocycles. The molecule has 98 valence electrons. The molecule has 0 bridgehead atoms. The smallest absolute Gasteiger partial charge is 0.284 e. The van der Waals surface area contributed by atoms with E-state index in [1.165, 1.54) is 6.07 Å². The van der Waals surface area contributed by atoms with Crippen LogP contribution >= 0.6 is 11.3 Å². The Morgan fingerprint density at radius 1 is 1.44 bits per heavy atom. The lowest BCUT2D eigenvalue weighted by molar-refractivity contribution is -0.380. The summed E-state index contributed by atoms with van der Waals surface area (Å²) in [4.78, 5) is 13.1. The Kier molecular flexibility index (Phi) is 5.75. The largest absolute Gasteiger partial charge is 0.324 e. The predicted molar refractivity (Wildman–Crippen MR) is 71.5 cm³/mol. The molecule has 0 aromatic carbocycles. The van der Waals surface area contributed by atoms with Crippen LogP contribution < -0.4 is 0 Å². The first-order valence-corrected chi connectivity index (χ1v) is 6.83. The van der Waals surface area contributed by atoms with Gasteiger partial charge in [0.2, 0.25) is 0 Å². The van der Waals surface area contributed by atoms with Gasteiger partial charge in [-0.05, 0) is 32.0 Å². The summed E-state index contributed by atoms with van der Waals surface area (Å²) in [5.41, 5.74) is 0. The van der Waals surface area contributed by atoms with Crippen molar-refractivity contribution in [3.63, 3.8) is 0 Å². The van der Waals surface area contributed by atoms with Gasteiger partial charge in [-0.2, -0.15) is 5.26 Å². The highest BCUT2D eigenvalue weighted by Gasteiger charge is 2.22. The van der Waals surface area contributed by atoms with Crippen molar-refractivity contribution in [3.05, 3.63) is 27.1 Å². The summed E-state index contributed by atoms with van der Waals surface area (Å²) < 4.78 is 0. The molecule has 0 aliphatic rings. The highest BCUT2D eigenvalue weighted by Crippen LogP contribution is 2.31. The third-order valence-corrected chi connectivity index (χ3v) is 3.66. The molecule has 0 saturated heterocycles. The minimum Gasteiger partial charge on any atom is -0.284 e. The molecule has 0 aliphatic heterocycles. The van der Waals surface area contributed by atoms with Gasteiger partial charge in [0.05, 0.1) is 11.0 Å². The number of nitrogens with zero attached hydrogens (tertiary/aromatic N) is 3. The molecule has 0 aliphatic carbocycles. The van der Waals surface area contributed by atoms with E-state index in [0.717, 1.165) is 42.1 Å². The Morgan fingerprint density at radius 2 is 2.06 bits per heavy atom. The van der Waals surface area contributed by atoms with Crippen molar-refractivity contribution in [2.24, 2.45) is 0 Å². The van der Waals surface area contributed by atoms with Gasteiger partial charge in [-0.3, -0.25) is 15.0 Å². The van der Waals surface area contributed by atoms with Gasteiger partial charge in [-0.1, -0.05) is 25.2 Å². The topological polar surface area (TPSA) is 70.2 Å². The Hall–Kier alpha value is -1.45. The fourth-order valence-corrected chi connectivity index (χ4v) is 2.76. The van der Waals surface area contributed by atoms with E-state index in [2.05, 4.69) is 24.8 Å². The van der Waals surface area contributed by atoms with Crippen LogP contribution in [0.5, 0.6) is 0 Å². The van der Waals surface area contributed by atoms with Crippen LogP contribution in [0, 0.1) is 21.4 Å². The number of nitriles is 1. The van der Waals surface area contributed by atoms with Crippen LogP contribution in [0.2, 0.25) is 0 Å². The summed E-state index contributed by atoms with van der Waals surface area (Å²) in [7, 11) is 0. The van der Waals surface area contributed by atoms with E-state index in [4.69, 9.17) is 0 Å². The maximum absolute atomic E-state index is 10.7. The summed E-state index contributed by atoms with van der Waals surface area (Å²) in [6, 6.07) is 5.04. The predicted octanol–water partition coefficient (Wildman–Crippen LogP) is 3.34. The minimum atomic E-state index is -0.410. The first kappa shape index (κ1) is 14.6. The van der Waals surface area contributed by atoms with Gasteiger partial charge in [0.25, 0.3) is 0 Å². The lowest BCUT2D eigenvalue weighted by Crippen LogP contribution is -2.29. The summed E-state index contributed by atoms with van der Waals surface area (Å²) in [5, 5.41) is 20.1. The van der Waals surface area contributed by atoms with Crippen LogP contribution in [-0.4, -0.2) is 22.9 Å². The highest BCUT2D eigenvalue weighted by atomic mass is 32.1. The Morgan fingerprint density at radius 3 is 2.44 bits per heavy atom. The Balaban J connectivity index is 2.92. The van der Waals surface area contributed by atoms with Gasteiger partial charge >= 0.3 is 5.00 Å². The maximum Gasteiger partial charge on any atom is 0.324 e. The summed E-state index contributed by atoms with van der Waals surface area (Å²) in [5.74, 6) is 0. The van der Waals surface area contributed by atoms with Crippen molar-refractivity contribution in [1.29, 1.82) is 5.26 Å². The SMILES string of the molecule is CCCN(CCC)C(C#N)c1ccc([N+](=O)[O-])s1. The first-order valence-electron chi connectivity index (χ1n) is 6.01. The molecular weight excluding hydrogens is 250 g/mol. The van der Waals surface area contributed by atoms with Crippen LogP contribution in [0.3, 0.4) is 0 Å². The van der Waals surface area contributed by atoms with Crippen molar-refractivity contribution >= 4 is 16.3 Å². The van der Waals surface area contributed by atoms with Crippen molar-refractivity contribution in [3.8, 4) is 6.07 Å². The van der Waals surface area contributed by atoms with Crippen LogP contribution in [0.4, 0.5) is 5.00 Å². The van der Waals surface area contributed by atoms with Crippen LogP contribution in [-0.2, 0) is 0 Å². The van der Waals surface area contributed by atoms with Crippen molar-refractivity contribution in [2.45, 2.75) is 32.7 Å². The number of nitro groups is 1. The monoisotopic (exact) mass is 267 g/mol. The number of thiophene rings is 1. The summed E-state index contributed by atoms with van der Waals surface area (Å²) in [6.07, 6.45) is 1.93. The second-order valence-electron chi connectivity index (χ2n) is 4.00. The molecule has 1 rings (SSSR count). The highest BCUT2D eigenvalue weighted by molar-refractivity contribution is 7.15. The number of rotatable bonds is 7. The van der Waals surface area contributed by atoms with E-state index in [-0.39, 0.29) is 11.0 Å². The van der Waals surface area contributed by atoms with Crippen molar-refractivity contribution in [2.75, 3.05) is 13.1 Å². The van der Waals surface area contributed by atoms with Crippen LogP contribution in [0.1, 0.15) is 37.6 Å². The van der Waals surface area contributed by atoms with Gasteiger partial charge in [0, 0.05) is 10.9 Å². The van der Waals surface area contributed by atoms with E-state index in [1.807, 2.05) is 0 Å². The fraction of sp³-hybridized carbons (Fsp3) is 0.583. The van der Waals surface area contributed by atoms with Gasteiger partial charge in [0.1, 0.15) is 6.04 Å². The van der Waals surface area contributed by atoms with Gasteiger partial charge < -0.3 is 0 Å². The molecule has 1 aromatic heterocycles. The molecule has 0 amide bonds. The second-order valence-corrected chi connectivity index (χ2v) is 5.09. The zero-order valence-electron chi connectivity index (χ0n) is 10.6. The standard InChI is InChI=1S/C12H17N3O2S/c1-3-7-14(8-4-2)10(9-13)11-5-6-12(18-11)15(16)17/h5-6,10H,3-4,7-8H2,1-2H3. The summed E-state index contributed by atoms with van der Waals surface area (Å²) >= 11 is 1.09. The second kappa shape index (κ2) is 7.09. The normalized spacial score (nSPS) is 12.3. The Labute approximate surface area is 111 Å². The molecule has 6 heteroatoms. The first-order chi connectivity index (χ1) is 8.63. The lowest BCUT2D eigenvalue weighted by Gasteiger charge is -2.25. The Bertz CT molecular complexity index is 433. The molecule has 18 heavy (non-hydrogen) atoms. The molecular formula is C12H17N3O2S. The quantitative estimate of drug-likeness (QED) is 0.561. The fourth-order valence-electron chi connectivity index (χ4n) is 1.86. The van der Waals surface area contributed by atoms with Gasteiger partial charge in [-0.15, -0.1) is 0 Å². The molecule has 1 atom stereocenters. The van der Waals surface area contributed by atoms with Crippen LogP contribution in [0.15, 0.2) is 12.1 Å². The van der Waals surface area contributed by atoms with Crippen molar-refractivity contribution < 1.29 is 4.92 Å². The maximum atomic E-state index is 10.7. The number of hydrogen-bond donors (Lipinski definition) is 0. The average Bonchev–Trinajstić information content (AvgIpc) is 2.80. The van der Waals surface area contributed by atoms with E-state index >= 15 is 0 Å². The molecule has 0 N–H and O–H groups in total. The van der Waals surface area contributed by atoms with E-state index in [0.29, 0.717) is 0 Å². The molecule has 1 unspecified atom stereocenters. The van der Waals surface area contributed by atoms with Gasteiger partial charge in [0.15, 0.2) is 0 Å². The molecule has 0 spiro atoms. The number of hydrogen-bond acceptors (Lipinski definition) is 5. The molecule has 1 aromatic rings. The third-order valence-electron chi connectivity index (χ3n) is 2.57.